The number of amides is 1. The van der Waals surface area contributed by atoms with Crippen molar-refractivity contribution in [2.24, 2.45) is 0 Å². The van der Waals surface area contributed by atoms with E-state index in [1.165, 1.54) is 0 Å². The Balaban J connectivity index is 0.00000364. The van der Waals surface area contributed by atoms with Gasteiger partial charge in [-0.05, 0) is 44.2 Å². The first-order valence-electron chi connectivity index (χ1n) is 7.91. The summed E-state index contributed by atoms with van der Waals surface area (Å²) in [6.07, 6.45) is -3.28. The molecule has 1 amide bonds. The fraction of sp³-hybridized carbons (Fsp3) is 0.533. The third-order valence-corrected chi connectivity index (χ3v) is 5.45. The average Bonchev–Trinajstić information content (AvgIpc) is 2.59. The van der Waals surface area contributed by atoms with Crippen LogP contribution < -0.4 is 14.8 Å². The van der Waals surface area contributed by atoms with Crippen molar-refractivity contribution in [1.29, 1.82) is 0 Å². The first kappa shape index (κ1) is 23.5. The van der Waals surface area contributed by atoms with Gasteiger partial charge in [0.15, 0.2) is 0 Å². The Morgan fingerprint density at radius 2 is 1.78 bits per heavy atom. The Kier molecular flexibility index (Phi) is 8.33. The number of alkyl halides is 3. The van der Waals surface area contributed by atoms with E-state index in [9.17, 15) is 26.4 Å². The minimum absolute atomic E-state index is 0. The standard InChI is InChI=1S/C15H20F3N3O4S.ClH/c1-19-11-6-8-21(9-7-11)14(22)10-20-26(23,24)13-4-2-12(3-5-13)25-15(16,17)18;/h2-5,11,19-20H,6-10H2,1H3;1H. The van der Waals surface area contributed by atoms with E-state index in [4.69, 9.17) is 0 Å². The quantitative estimate of drug-likeness (QED) is 0.712. The summed E-state index contributed by atoms with van der Waals surface area (Å²) in [6, 6.07) is 4.09. The molecule has 1 aliphatic heterocycles. The molecular weight excluding hydrogens is 411 g/mol. The predicted octanol–water partition coefficient (Wildman–Crippen LogP) is 1.50. The number of sulfonamides is 1. The van der Waals surface area contributed by atoms with Gasteiger partial charge in [0.1, 0.15) is 5.75 Å². The molecule has 7 nitrogen and oxygen atoms in total. The number of likely N-dealkylation sites (tertiary alicyclic amines) is 1. The first-order valence-corrected chi connectivity index (χ1v) is 9.39. The van der Waals surface area contributed by atoms with Crippen LogP contribution in [0.5, 0.6) is 5.75 Å². The van der Waals surface area contributed by atoms with Gasteiger partial charge in [0.05, 0.1) is 11.4 Å². The van der Waals surface area contributed by atoms with Gasteiger partial charge in [0.2, 0.25) is 15.9 Å². The van der Waals surface area contributed by atoms with E-state index in [0.717, 1.165) is 37.1 Å². The summed E-state index contributed by atoms with van der Waals surface area (Å²) < 4.78 is 66.5. The lowest BCUT2D eigenvalue weighted by atomic mass is 10.1. The van der Waals surface area contributed by atoms with Crippen molar-refractivity contribution in [2.45, 2.75) is 30.1 Å². The van der Waals surface area contributed by atoms with Gasteiger partial charge in [-0.1, -0.05) is 0 Å². The highest BCUT2D eigenvalue weighted by molar-refractivity contribution is 7.89. The smallest absolute Gasteiger partial charge is 0.406 e. The molecule has 12 heteroatoms. The molecule has 0 unspecified atom stereocenters. The Morgan fingerprint density at radius 1 is 1.22 bits per heavy atom. The summed E-state index contributed by atoms with van der Waals surface area (Å²) in [5.74, 6) is -0.875. The van der Waals surface area contributed by atoms with Crippen molar-refractivity contribution in [2.75, 3.05) is 26.7 Å². The number of carbonyl (C=O) groups excluding carboxylic acids is 1. The molecule has 1 aromatic rings. The van der Waals surface area contributed by atoms with Crippen LogP contribution >= 0.6 is 12.4 Å². The van der Waals surface area contributed by atoms with Gasteiger partial charge in [-0.3, -0.25) is 4.79 Å². The van der Waals surface area contributed by atoms with Crippen molar-refractivity contribution in [3.8, 4) is 5.75 Å². The maximum Gasteiger partial charge on any atom is 0.573 e. The number of hydrogen-bond donors (Lipinski definition) is 2. The molecule has 0 aromatic heterocycles. The monoisotopic (exact) mass is 431 g/mol. The number of nitrogens with zero attached hydrogens (tertiary/aromatic N) is 1. The number of piperidine rings is 1. The number of ether oxygens (including phenoxy) is 1. The van der Waals surface area contributed by atoms with Crippen molar-refractivity contribution in [3.05, 3.63) is 24.3 Å². The highest BCUT2D eigenvalue weighted by Crippen LogP contribution is 2.23. The topological polar surface area (TPSA) is 87.7 Å². The van der Waals surface area contributed by atoms with Crippen LogP contribution in [0.2, 0.25) is 0 Å². The number of nitrogens with one attached hydrogen (secondary N) is 2. The number of benzene rings is 1. The molecule has 27 heavy (non-hydrogen) atoms. The summed E-state index contributed by atoms with van der Waals surface area (Å²) in [6.45, 7) is 0.665. The fourth-order valence-corrected chi connectivity index (χ4v) is 3.56. The molecule has 1 aromatic carbocycles. The van der Waals surface area contributed by atoms with E-state index in [0.29, 0.717) is 19.1 Å². The second-order valence-electron chi connectivity index (χ2n) is 5.79. The van der Waals surface area contributed by atoms with Crippen LogP contribution in [0.1, 0.15) is 12.8 Å². The van der Waals surface area contributed by atoms with E-state index < -0.39 is 28.7 Å². The van der Waals surface area contributed by atoms with Gasteiger partial charge in [-0.2, -0.15) is 0 Å². The molecule has 1 aliphatic rings. The van der Waals surface area contributed by atoms with E-state index in [-0.39, 0.29) is 23.2 Å². The lowest BCUT2D eigenvalue weighted by Crippen LogP contribution is -2.47. The van der Waals surface area contributed by atoms with Crippen molar-refractivity contribution >= 4 is 28.3 Å². The summed E-state index contributed by atoms with van der Waals surface area (Å²) in [5.41, 5.74) is 0. The second kappa shape index (κ2) is 9.58. The lowest BCUT2D eigenvalue weighted by molar-refractivity contribution is -0.274. The first-order chi connectivity index (χ1) is 12.1. The zero-order chi connectivity index (χ0) is 19.4. The SMILES string of the molecule is CNC1CCN(C(=O)CNS(=O)(=O)c2ccc(OC(F)(F)F)cc2)CC1.Cl. The highest BCUT2D eigenvalue weighted by Gasteiger charge is 2.31. The van der Waals surface area contributed by atoms with Gasteiger partial charge in [-0.25, -0.2) is 13.1 Å². The minimum Gasteiger partial charge on any atom is -0.406 e. The maximum atomic E-state index is 12.2. The number of rotatable bonds is 6. The van der Waals surface area contributed by atoms with Crippen molar-refractivity contribution in [3.63, 3.8) is 0 Å². The van der Waals surface area contributed by atoms with Crippen LogP contribution in [0.15, 0.2) is 29.2 Å². The number of carbonyl (C=O) groups is 1. The van der Waals surface area contributed by atoms with E-state index in [1.807, 2.05) is 7.05 Å². The molecular formula is C15H21ClF3N3O4S. The fourth-order valence-electron chi connectivity index (χ4n) is 2.59. The van der Waals surface area contributed by atoms with Crippen LogP contribution in [-0.4, -0.2) is 58.3 Å². The van der Waals surface area contributed by atoms with Gasteiger partial charge in [0.25, 0.3) is 0 Å². The van der Waals surface area contributed by atoms with Crippen molar-refractivity contribution < 1.29 is 31.1 Å². The van der Waals surface area contributed by atoms with Crippen LogP contribution in [0.3, 0.4) is 0 Å². The molecule has 154 valence electrons. The molecule has 1 heterocycles. The average molecular weight is 432 g/mol. The second-order valence-corrected chi connectivity index (χ2v) is 7.55. The molecule has 0 spiro atoms. The Labute approximate surface area is 161 Å². The minimum atomic E-state index is -4.86. The normalized spacial score (nSPS) is 15.9. The number of hydrogen-bond acceptors (Lipinski definition) is 5. The molecule has 0 radical (unpaired) electrons. The van der Waals surface area contributed by atoms with Crippen LogP contribution in [-0.2, 0) is 14.8 Å². The molecule has 1 saturated heterocycles. The summed E-state index contributed by atoms with van der Waals surface area (Å²) >= 11 is 0. The Morgan fingerprint density at radius 3 is 2.26 bits per heavy atom. The van der Waals surface area contributed by atoms with Crippen molar-refractivity contribution in [1.82, 2.24) is 14.9 Å². The molecule has 0 bridgehead atoms. The molecule has 0 aliphatic carbocycles. The maximum absolute atomic E-state index is 12.2. The van der Waals surface area contributed by atoms with Gasteiger partial charge < -0.3 is 15.0 Å². The molecule has 1 fully saturated rings. The highest BCUT2D eigenvalue weighted by atomic mass is 35.5. The van der Waals surface area contributed by atoms with Crippen LogP contribution in [0, 0.1) is 0 Å². The Bertz CT molecular complexity index is 721. The van der Waals surface area contributed by atoms with Crippen LogP contribution in [0.25, 0.3) is 0 Å². The molecule has 0 saturated carbocycles. The zero-order valence-electron chi connectivity index (χ0n) is 14.5. The summed E-state index contributed by atoms with van der Waals surface area (Å²) in [7, 11) is -2.17. The van der Waals surface area contributed by atoms with E-state index >= 15 is 0 Å². The third kappa shape index (κ3) is 7.17. The van der Waals surface area contributed by atoms with Crippen LogP contribution in [0.4, 0.5) is 13.2 Å². The molecule has 0 atom stereocenters. The third-order valence-electron chi connectivity index (χ3n) is 4.04. The molecule has 2 rings (SSSR count). The molecule has 2 N–H and O–H groups in total. The van der Waals surface area contributed by atoms with E-state index in [2.05, 4.69) is 14.8 Å². The number of halogens is 4. The lowest BCUT2D eigenvalue weighted by Gasteiger charge is -2.31. The Hall–Kier alpha value is -1.56. The van der Waals surface area contributed by atoms with E-state index in [1.54, 1.807) is 4.90 Å². The van der Waals surface area contributed by atoms with Gasteiger partial charge >= 0.3 is 6.36 Å². The largest absolute Gasteiger partial charge is 0.573 e. The predicted molar refractivity (Wildman–Crippen MR) is 94.2 cm³/mol. The van der Waals surface area contributed by atoms with Gasteiger partial charge in [0, 0.05) is 19.1 Å². The summed E-state index contributed by atoms with van der Waals surface area (Å²) in [4.78, 5) is 13.4. The van der Waals surface area contributed by atoms with Gasteiger partial charge in [-0.15, -0.1) is 25.6 Å². The summed E-state index contributed by atoms with van der Waals surface area (Å²) in [5, 5.41) is 3.13. The zero-order valence-corrected chi connectivity index (χ0v) is 16.1.